The largest absolute Gasteiger partial charge is 0.497 e. The molecule has 160 valence electrons. The Morgan fingerprint density at radius 2 is 1.48 bits per heavy atom. The van der Waals surface area contributed by atoms with E-state index in [1.807, 2.05) is 24.3 Å². The molecule has 1 amide bonds. The first-order valence-corrected chi connectivity index (χ1v) is 11.4. The fraction of sp³-hybridized carbons (Fsp3) is 0.0909. The zero-order valence-corrected chi connectivity index (χ0v) is 19.2. The summed E-state index contributed by atoms with van der Waals surface area (Å²) in [6.07, 6.45) is 0. The van der Waals surface area contributed by atoms with Gasteiger partial charge in [0.25, 0.3) is 15.9 Å². The van der Waals surface area contributed by atoms with Gasteiger partial charge in [-0.15, -0.1) is 0 Å². The van der Waals surface area contributed by atoms with Gasteiger partial charge in [0.15, 0.2) is 0 Å². The molecule has 0 saturated carbocycles. The SMILES string of the molecule is COc1ccc(C(C)=NNC(=O)c2ccc(NS(=O)(=O)c3ccc(Br)cc3)cc2)cc1. The fourth-order valence-electron chi connectivity index (χ4n) is 2.61. The zero-order valence-electron chi connectivity index (χ0n) is 16.8. The van der Waals surface area contributed by atoms with Crippen LogP contribution in [0.3, 0.4) is 0 Å². The zero-order chi connectivity index (χ0) is 22.4. The van der Waals surface area contributed by atoms with Gasteiger partial charge >= 0.3 is 0 Å². The summed E-state index contributed by atoms with van der Waals surface area (Å²) >= 11 is 3.27. The second-order valence-corrected chi connectivity index (χ2v) is 9.10. The lowest BCUT2D eigenvalue weighted by molar-refractivity contribution is 0.0955. The Morgan fingerprint density at radius 3 is 2.06 bits per heavy atom. The fourth-order valence-corrected chi connectivity index (χ4v) is 3.94. The highest BCUT2D eigenvalue weighted by atomic mass is 79.9. The quantitative estimate of drug-likeness (QED) is 0.370. The predicted octanol–water partition coefficient (Wildman–Crippen LogP) is 4.41. The maximum atomic E-state index is 12.5. The standard InChI is InChI=1S/C22H20BrN3O4S/c1-15(16-5-11-20(30-2)12-6-16)24-25-22(27)17-3-9-19(10-4-17)26-31(28,29)21-13-7-18(23)8-14-21/h3-14,26H,1-2H3,(H,25,27). The number of hydrazone groups is 1. The number of nitrogens with one attached hydrogen (secondary N) is 2. The van der Waals surface area contributed by atoms with Crippen molar-refractivity contribution in [2.75, 3.05) is 11.8 Å². The molecular formula is C22H20BrN3O4S. The number of carbonyl (C=O) groups excluding carboxylic acids is 1. The molecule has 0 spiro atoms. The van der Waals surface area contributed by atoms with Crippen molar-refractivity contribution in [2.45, 2.75) is 11.8 Å². The van der Waals surface area contributed by atoms with Crippen molar-refractivity contribution in [3.63, 3.8) is 0 Å². The molecule has 0 unspecified atom stereocenters. The molecule has 0 heterocycles. The minimum absolute atomic E-state index is 0.140. The molecule has 3 aromatic carbocycles. The number of anilines is 1. The predicted molar refractivity (Wildman–Crippen MR) is 124 cm³/mol. The van der Waals surface area contributed by atoms with E-state index in [-0.39, 0.29) is 4.90 Å². The minimum Gasteiger partial charge on any atom is -0.497 e. The van der Waals surface area contributed by atoms with Crippen LogP contribution in [-0.4, -0.2) is 27.1 Å². The van der Waals surface area contributed by atoms with Crippen LogP contribution >= 0.6 is 15.9 Å². The van der Waals surface area contributed by atoms with Gasteiger partial charge in [0, 0.05) is 15.7 Å². The molecule has 0 fully saturated rings. The first-order valence-electron chi connectivity index (χ1n) is 9.16. The number of benzene rings is 3. The van der Waals surface area contributed by atoms with E-state index < -0.39 is 15.9 Å². The summed E-state index contributed by atoms with van der Waals surface area (Å²) < 4.78 is 33.3. The minimum atomic E-state index is -3.72. The second-order valence-electron chi connectivity index (χ2n) is 6.50. The average molecular weight is 502 g/mol. The molecule has 9 heteroatoms. The lowest BCUT2D eigenvalue weighted by Crippen LogP contribution is -2.19. The van der Waals surface area contributed by atoms with Crippen LogP contribution in [0.2, 0.25) is 0 Å². The van der Waals surface area contributed by atoms with E-state index in [0.29, 0.717) is 17.0 Å². The molecule has 3 aromatic rings. The van der Waals surface area contributed by atoms with E-state index in [9.17, 15) is 13.2 Å². The average Bonchev–Trinajstić information content (AvgIpc) is 2.78. The van der Waals surface area contributed by atoms with Crippen LogP contribution in [0.5, 0.6) is 5.75 Å². The van der Waals surface area contributed by atoms with Crippen molar-refractivity contribution in [1.82, 2.24) is 5.43 Å². The van der Waals surface area contributed by atoms with E-state index in [1.54, 1.807) is 26.2 Å². The summed E-state index contributed by atoms with van der Waals surface area (Å²) in [7, 11) is -2.13. The molecule has 0 aliphatic heterocycles. The highest BCUT2D eigenvalue weighted by Gasteiger charge is 2.14. The third kappa shape index (κ3) is 5.93. The molecule has 0 saturated heterocycles. The molecule has 31 heavy (non-hydrogen) atoms. The van der Waals surface area contributed by atoms with Gasteiger partial charge in [-0.3, -0.25) is 9.52 Å². The summed E-state index contributed by atoms with van der Waals surface area (Å²) in [5.74, 6) is 0.326. The lowest BCUT2D eigenvalue weighted by atomic mass is 10.1. The van der Waals surface area contributed by atoms with E-state index in [4.69, 9.17) is 4.74 Å². The Kier molecular flexibility index (Phi) is 7.09. The van der Waals surface area contributed by atoms with Crippen molar-refractivity contribution in [1.29, 1.82) is 0 Å². The van der Waals surface area contributed by atoms with Gasteiger partial charge in [0.1, 0.15) is 5.75 Å². The number of rotatable bonds is 7. The van der Waals surface area contributed by atoms with Crippen LogP contribution < -0.4 is 14.9 Å². The molecule has 0 aliphatic carbocycles. The Hall–Kier alpha value is -3.17. The normalized spacial score (nSPS) is 11.6. The Bertz CT molecular complexity index is 1190. The van der Waals surface area contributed by atoms with Gasteiger partial charge in [-0.05, 0) is 85.3 Å². The van der Waals surface area contributed by atoms with Gasteiger partial charge in [0.2, 0.25) is 0 Å². The van der Waals surface area contributed by atoms with Gasteiger partial charge in [0.05, 0.1) is 17.7 Å². The number of sulfonamides is 1. The Morgan fingerprint density at radius 1 is 0.903 bits per heavy atom. The number of nitrogens with zero attached hydrogens (tertiary/aromatic N) is 1. The van der Waals surface area contributed by atoms with Crippen LogP contribution in [0.15, 0.2) is 87.3 Å². The highest BCUT2D eigenvalue weighted by molar-refractivity contribution is 9.10. The summed E-state index contributed by atoms with van der Waals surface area (Å²) in [4.78, 5) is 12.5. The van der Waals surface area contributed by atoms with Crippen molar-refractivity contribution < 1.29 is 17.9 Å². The van der Waals surface area contributed by atoms with E-state index in [0.717, 1.165) is 15.8 Å². The lowest BCUT2D eigenvalue weighted by Gasteiger charge is -2.09. The number of amides is 1. The summed E-state index contributed by atoms with van der Waals surface area (Å²) in [5.41, 5.74) is 4.67. The van der Waals surface area contributed by atoms with Gasteiger partial charge in [-0.1, -0.05) is 15.9 Å². The van der Waals surface area contributed by atoms with Crippen molar-refractivity contribution in [3.05, 3.63) is 88.4 Å². The van der Waals surface area contributed by atoms with Crippen molar-refractivity contribution in [3.8, 4) is 5.75 Å². The first-order chi connectivity index (χ1) is 14.8. The van der Waals surface area contributed by atoms with Crippen molar-refractivity contribution >= 4 is 43.3 Å². The number of halogens is 1. The first kappa shape index (κ1) is 22.5. The maximum Gasteiger partial charge on any atom is 0.271 e. The molecule has 2 N–H and O–H groups in total. The molecule has 0 radical (unpaired) electrons. The summed E-state index contributed by atoms with van der Waals surface area (Å²) in [6, 6.07) is 19.7. The van der Waals surface area contributed by atoms with Crippen LogP contribution in [0.4, 0.5) is 5.69 Å². The van der Waals surface area contributed by atoms with Crippen LogP contribution in [0.1, 0.15) is 22.8 Å². The highest BCUT2D eigenvalue weighted by Crippen LogP contribution is 2.19. The second kappa shape index (κ2) is 9.76. The smallest absolute Gasteiger partial charge is 0.271 e. The molecule has 7 nitrogen and oxygen atoms in total. The number of hydrogen-bond donors (Lipinski definition) is 2. The number of methoxy groups -OCH3 is 1. The van der Waals surface area contributed by atoms with Gasteiger partial charge < -0.3 is 4.74 Å². The third-order valence-electron chi connectivity index (χ3n) is 4.36. The monoisotopic (exact) mass is 501 g/mol. The Balaban J connectivity index is 1.65. The Labute approximate surface area is 189 Å². The number of hydrogen-bond acceptors (Lipinski definition) is 5. The molecule has 0 aliphatic rings. The molecular weight excluding hydrogens is 482 g/mol. The van der Waals surface area contributed by atoms with Gasteiger partial charge in [-0.25, -0.2) is 13.8 Å². The van der Waals surface area contributed by atoms with E-state index >= 15 is 0 Å². The van der Waals surface area contributed by atoms with E-state index in [1.165, 1.54) is 36.4 Å². The third-order valence-corrected chi connectivity index (χ3v) is 6.28. The van der Waals surface area contributed by atoms with Crippen molar-refractivity contribution in [2.24, 2.45) is 5.10 Å². The topological polar surface area (TPSA) is 96.9 Å². The van der Waals surface area contributed by atoms with Crippen LogP contribution in [0.25, 0.3) is 0 Å². The van der Waals surface area contributed by atoms with E-state index in [2.05, 4.69) is 31.2 Å². The van der Waals surface area contributed by atoms with Crippen LogP contribution in [-0.2, 0) is 10.0 Å². The molecule has 0 aromatic heterocycles. The molecule has 0 atom stereocenters. The summed E-state index contributed by atoms with van der Waals surface area (Å²) in [6.45, 7) is 1.78. The molecule has 3 rings (SSSR count). The van der Waals surface area contributed by atoms with Gasteiger partial charge in [-0.2, -0.15) is 5.10 Å². The molecule has 0 bridgehead atoms. The van der Waals surface area contributed by atoms with Crippen LogP contribution in [0, 0.1) is 0 Å². The number of carbonyl (C=O) groups is 1. The number of ether oxygens (including phenoxy) is 1. The maximum absolute atomic E-state index is 12.5. The summed E-state index contributed by atoms with van der Waals surface area (Å²) in [5, 5.41) is 4.12.